The number of carbonyl (C=O) groups is 1. The third kappa shape index (κ3) is 3.32. The van der Waals surface area contributed by atoms with Gasteiger partial charge in [-0.25, -0.2) is 0 Å². The highest BCUT2D eigenvalue weighted by Crippen LogP contribution is 2.27. The molecule has 1 amide bonds. The van der Waals surface area contributed by atoms with Crippen molar-refractivity contribution in [3.8, 4) is 0 Å². The molecule has 0 atom stereocenters. The van der Waals surface area contributed by atoms with E-state index in [1.165, 1.54) is 0 Å². The Kier molecular flexibility index (Phi) is 4.82. The van der Waals surface area contributed by atoms with Crippen LogP contribution < -0.4 is 0 Å². The number of nitrogens with zero attached hydrogens (tertiary/aromatic N) is 1. The molecule has 2 heterocycles. The number of methoxy groups -OCH3 is 1. The highest BCUT2D eigenvalue weighted by molar-refractivity contribution is 5.96. The van der Waals surface area contributed by atoms with Gasteiger partial charge >= 0.3 is 0 Å². The van der Waals surface area contributed by atoms with Gasteiger partial charge < -0.3 is 14.1 Å². The summed E-state index contributed by atoms with van der Waals surface area (Å²) in [6.07, 6.45) is 6.48. The number of amides is 1. The van der Waals surface area contributed by atoms with E-state index in [2.05, 4.69) is 6.92 Å². The topological polar surface area (TPSA) is 42.7 Å². The van der Waals surface area contributed by atoms with Crippen LogP contribution in [0.1, 0.15) is 31.1 Å². The molecular weight excluding hydrogens is 290 g/mol. The molecule has 4 nitrogen and oxygen atoms in total. The number of para-hydroxylation sites is 1. The molecular formula is C19H23NO3. The van der Waals surface area contributed by atoms with Gasteiger partial charge in [-0.3, -0.25) is 4.79 Å². The molecule has 122 valence electrons. The Morgan fingerprint density at radius 2 is 2.09 bits per heavy atom. The van der Waals surface area contributed by atoms with Gasteiger partial charge in [-0.05, 0) is 25.0 Å². The molecule has 1 aliphatic heterocycles. The first-order valence-corrected chi connectivity index (χ1v) is 8.23. The molecule has 0 unspecified atom stereocenters. The van der Waals surface area contributed by atoms with Gasteiger partial charge in [-0.1, -0.05) is 25.1 Å². The zero-order chi connectivity index (χ0) is 16.2. The number of aryl methyl sites for hydroxylation is 1. The Hall–Kier alpha value is -2.07. The predicted octanol–water partition coefficient (Wildman–Crippen LogP) is 3.65. The molecule has 1 aromatic heterocycles. The maximum absolute atomic E-state index is 12.4. The molecule has 1 saturated heterocycles. The van der Waals surface area contributed by atoms with Gasteiger partial charge in [0.05, 0.1) is 6.10 Å². The minimum atomic E-state index is 0.0619. The lowest BCUT2D eigenvalue weighted by atomic mass is 10.1. The minimum absolute atomic E-state index is 0.0619. The molecule has 0 bridgehead atoms. The largest absolute Gasteiger partial charge is 0.460 e. The smallest absolute Gasteiger partial charge is 0.246 e. The van der Waals surface area contributed by atoms with E-state index >= 15 is 0 Å². The molecule has 1 aliphatic rings. The van der Waals surface area contributed by atoms with Crippen molar-refractivity contribution in [2.24, 2.45) is 0 Å². The van der Waals surface area contributed by atoms with Crippen LogP contribution in [0.4, 0.5) is 0 Å². The lowest BCUT2D eigenvalue weighted by Gasteiger charge is -2.30. The van der Waals surface area contributed by atoms with Crippen molar-refractivity contribution in [3.05, 3.63) is 41.7 Å². The summed E-state index contributed by atoms with van der Waals surface area (Å²) >= 11 is 0. The summed E-state index contributed by atoms with van der Waals surface area (Å²) in [6.45, 7) is 3.58. The van der Waals surface area contributed by atoms with Crippen molar-refractivity contribution in [3.63, 3.8) is 0 Å². The van der Waals surface area contributed by atoms with Crippen molar-refractivity contribution in [1.29, 1.82) is 0 Å². The van der Waals surface area contributed by atoms with Crippen LogP contribution in [0.15, 0.2) is 34.8 Å². The Morgan fingerprint density at radius 1 is 1.35 bits per heavy atom. The minimum Gasteiger partial charge on any atom is -0.460 e. The molecule has 2 aromatic rings. The summed E-state index contributed by atoms with van der Waals surface area (Å²) in [4.78, 5) is 14.3. The molecule has 3 rings (SSSR count). The standard InChI is InChI=1S/C19H23NO3/c1-3-17-16(15-6-4-5-7-18(15)23-17)8-9-19(21)20-12-10-14(22-2)11-13-20/h4-9,14H,3,10-13H2,1-2H3/b9-8+. The fraction of sp³-hybridized carbons (Fsp3) is 0.421. The van der Waals surface area contributed by atoms with Crippen LogP contribution in [0.5, 0.6) is 0 Å². The Bertz CT molecular complexity index is 708. The molecule has 0 spiro atoms. The molecule has 0 aliphatic carbocycles. The summed E-state index contributed by atoms with van der Waals surface area (Å²) < 4.78 is 11.2. The molecule has 4 heteroatoms. The van der Waals surface area contributed by atoms with Crippen molar-refractivity contribution < 1.29 is 13.9 Å². The monoisotopic (exact) mass is 313 g/mol. The number of ether oxygens (including phenoxy) is 1. The number of carbonyl (C=O) groups excluding carboxylic acids is 1. The van der Waals surface area contributed by atoms with Gasteiger partial charge in [0.2, 0.25) is 5.91 Å². The lowest BCUT2D eigenvalue weighted by molar-refractivity contribution is -0.128. The van der Waals surface area contributed by atoms with Gasteiger partial charge in [0, 0.05) is 43.6 Å². The number of fused-ring (bicyclic) bond motifs is 1. The van der Waals surface area contributed by atoms with Crippen molar-refractivity contribution in [1.82, 2.24) is 4.90 Å². The second-order valence-electron chi connectivity index (χ2n) is 5.88. The van der Waals surface area contributed by atoms with E-state index in [1.807, 2.05) is 35.2 Å². The maximum Gasteiger partial charge on any atom is 0.246 e. The number of piperidine rings is 1. The molecule has 0 radical (unpaired) electrons. The van der Waals surface area contributed by atoms with Gasteiger partial charge in [-0.2, -0.15) is 0 Å². The fourth-order valence-electron chi connectivity index (χ4n) is 3.13. The summed E-state index contributed by atoms with van der Waals surface area (Å²) in [5, 5.41) is 1.06. The number of furan rings is 1. The first kappa shape index (κ1) is 15.8. The number of rotatable bonds is 4. The van der Waals surface area contributed by atoms with Crippen LogP contribution in [-0.4, -0.2) is 37.1 Å². The summed E-state index contributed by atoms with van der Waals surface area (Å²) in [5.74, 6) is 0.986. The summed E-state index contributed by atoms with van der Waals surface area (Å²) in [5.41, 5.74) is 1.89. The zero-order valence-electron chi connectivity index (χ0n) is 13.7. The van der Waals surface area contributed by atoms with Crippen molar-refractivity contribution in [2.45, 2.75) is 32.3 Å². The highest BCUT2D eigenvalue weighted by Gasteiger charge is 2.21. The molecule has 23 heavy (non-hydrogen) atoms. The first-order chi connectivity index (χ1) is 11.2. The number of hydrogen-bond acceptors (Lipinski definition) is 3. The molecule has 1 fully saturated rings. The summed E-state index contributed by atoms with van der Waals surface area (Å²) in [6, 6.07) is 7.95. The van der Waals surface area contributed by atoms with E-state index < -0.39 is 0 Å². The second-order valence-corrected chi connectivity index (χ2v) is 5.88. The van der Waals surface area contributed by atoms with E-state index in [1.54, 1.807) is 13.2 Å². The van der Waals surface area contributed by atoms with Gasteiger partial charge in [0.15, 0.2) is 0 Å². The van der Waals surface area contributed by atoms with Gasteiger partial charge in [-0.15, -0.1) is 0 Å². The predicted molar refractivity (Wildman–Crippen MR) is 91.2 cm³/mol. The van der Waals surface area contributed by atoms with Crippen LogP contribution >= 0.6 is 0 Å². The second kappa shape index (κ2) is 7.01. The van der Waals surface area contributed by atoms with E-state index in [0.29, 0.717) is 0 Å². The Balaban J connectivity index is 1.76. The number of likely N-dealkylation sites (tertiary alicyclic amines) is 1. The number of benzene rings is 1. The number of hydrogen-bond donors (Lipinski definition) is 0. The van der Waals surface area contributed by atoms with Gasteiger partial charge in [0.1, 0.15) is 11.3 Å². The third-order valence-corrected chi connectivity index (χ3v) is 4.51. The third-order valence-electron chi connectivity index (χ3n) is 4.51. The van der Waals surface area contributed by atoms with E-state index in [4.69, 9.17) is 9.15 Å². The van der Waals surface area contributed by atoms with Crippen LogP contribution in [0.2, 0.25) is 0 Å². The van der Waals surface area contributed by atoms with E-state index in [9.17, 15) is 4.79 Å². The lowest BCUT2D eigenvalue weighted by Crippen LogP contribution is -2.39. The normalized spacial score (nSPS) is 16.5. The van der Waals surface area contributed by atoms with Crippen LogP contribution in [0, 0.1) is 0 Å². The first-order valence-electron chi connectivity index (χ1n) is 8.23. The highest BCUT2D eigenvalue weighted by atomic mass is 16.5. The average molecular weight is 313 g/mol. The summed E-state index contributed by atoms with van der Waals surface area (Å²) in [7, 11) is 1.73. The quantitative estimate of drug-likeness (QED) is 0.809. The molecule has 0 saturated carbocycles. The fourth-order valence-corrected chi connectivity index (χ4v) is 3.13. The van der Waals surface area contributed by atoms with E-state index in [0.717, 1.165) is 54.6 Å². The van der Waals surface area contributed by atoms with E-state index in [-0.39, 0.29) is 12.0 Å². The van der Waals surface area contributed by atoms with Crippen LogP contribution in [0.25, 0.3) is 17.0 Å². The van der Waals surface area contributed by atoms with Gasteiger partial charge in [0.25, 0.3) is 0 Å². The van der Waals surface area contributed by atoms with Crippen LogP contribution in [0.3, 0.4) is 0 Å². The Labute approximate surface area is 136 Å². The average Bonchev–Trinajstić information content (AvgIpc) is 2.97. The Morgan fingerprint density at radius 3 is 2.78 bits per heavy atom. The SMILES string of the molecule is CCc1oc2ccccc2c1/C=C/C(=O)N1CCC(OC)CC1. The zero-order valence-corrected chi connectivity index (χ0v) is 13.7. The van der Waals surface area contributed by atoms with Crippen molar-refractivity contribution >= 4 is 23.0 Å². The van der Waals surface area contributed by atoms with Crippen molar-refractivity contribution in [2.75, 3.05) is 20.2 Å². The molecule has 0 N–H and O–H groups in total. The maximum atomic E-state index is 12.4. The van der Waals surface area contributed by atoms with Crippen LogP contribution in [-0.2, 0) is 16.0 Å². The molecule has 1 aromatic carbocycles.